The fourth-order valence-electron chi connectivity index (χ4n) is 1.64. The summed E-state index contributed by atoms with van der Waals surface area (Å²) in [6.45, 7) is 0. The van der Waals surface area contributed by atoms with Crippen LogP contribution < -0.4 is 0 Å². The zero-order chi connectivity index (χ0) is 16.7. The minimum Gasteiger partial charge on any atom is -0.477 e. The summed E-state index contributed by atoms with van der Waals surface area (Å²) in [4.78, 5) is 20.5. The number of aromatic carboxylic acids is 1. The number of hydrogen-bond donors (Lipinski definition) is 1. The Bertz CT molecular complexity index is 769. The number of carbonyl (C=O) groups is 1. The number of aromatic nitrogens is 2. The molecule has 0 aliphatic rings. The van der Waals surface area contributed by atoms with Crippen molar-refractivity contribution >= 4 is 11.7 Å². The number of non-ortho nitro benzene ring substituents is 1. The number of carboxylic acid groups (broad SMARTS) is 1. The molecule has 0 unspecified atom stereocenters. The Morgan fingerprint density at radius 3 is 2.41 bits per heavy atom. The Morgan fingerprint density at radius 1 is 1.32 bits per heavy atom. The van der Waals surface area contributed by atoms with Crippen molar-refractivity contribution in [3.8, 4) is 5.69 Å². The van der Waals surface area contributed by atoms with E-state index in [9.17, 15) is 32.5 Å². The molecule has 0 saturated heterocycles. The van der Waals surface area contributed by atoms with Gasteiger partial charge in [0.05, 0.1) is 11.0 Å². The summed E-state index contributed by atoms with van der Waals surface area (Å²) in [5.74, 6) is -3.05. The highest BCUT2D eigenvalue weighted by Gasteiger charge is 2.36. The smallest absolute Gasteiger partial charge is 0.435 e. The second-order valence-corrected chi connectivity index (χ2v) is 4.02. The van der Waals surface area contributed by atoms with E-state index in [0.29, 0.717) is 6.07 Å². The van der Waals surface area contributed by atoms with Crippen LogP contribution in [-0.2, 0) is 6.18 Å². The minimum absolute atomic E-state index is 0.226. The highest BCUT2D eigenvalue weighted by Crippen LogP contribution is 2.30. The topological polar surface area (TPSA) is 98.3 Å². The van der Waals surface area contributed by atoms with Crippen molar-refractivity contribution in [2.75, 3.05) is 0 Å². The summed E-state index contributed by atoms with van der Waals surface area (Å²) in [5, 5.41) is 22.4. The van der Waals surface area contributed by atoms with Gasteiger partial charge in [0.2, 0.25) is 0 Å². The van der Waals surface area contributed by atoms with Gasteiger partial charge in [-0.15, -0.1) is 0 Å². The van der Waals surface area contributed by atoms with Gasteiger partial charge in [0.25, 0.3) is 5.69 Å². The zero-order valence-electron chi connectivity index (χ0n) is 10.3. The minimum atomic E-state index is -4.92. The lowest BCUT2D eigenvalue weighted by Gasteiger charge is -2.06. The number of carboxylic acids is 1. The molecule has 0 atom stereocenters. The van der Waals surface area contributed by atoms with Gasteiger partial charge in [-0.1, -0.05) is 0 Å². The molecule has 1 aromatic heterocycles. The van der Waals surface area contributed by atoms with E-state index in [0.717, 1.165) is 12.1 Å². The molecule has 2 aromatic rings. The molecule has 0 spiro atoms. The lowest BCUT2D eigenvalue weighted by atomic mass is 10.2. The van der Waals surface area contributed by atoms with Crippen LogP contribution in [0.2, 0.25) is 0 Å². The summed E-state index contributed by atoms with van der Waals surface area (Å²) in [6, 6.07) is 2.28. The average molecular weight is 319 g/mol. The first-order valence-corrected chi connectivity index (χ1v) is 5.46. The predicted molar refractivity (Wildman–Crippen MR) is 62.1 cm³/mol. The van der Waals surface area contributed by atoms with Crippen molar-refractivity contribution < 1.29 is 32.4 Å². The molecule has 1 aromatic carbocycles. The molecule has 0 aliphatic heterocycles. The Kier molecular flexibility index (Phi) is 3.57. The van der Waals surface area contributed by atoms with Crippen LogP contribution in [0.3, 0.4) is 0 Å². The van der Waals surface area contributed by atoms with Gasteiger partial charge in [0.1, 0.15) is 5.69 Å². The van der Waals surface area contributed by atoms with Crippen LogP contribution in [0.4, 0.5) is 23.2 Å². The summed E-state index contributed by atoms with van der Waals surface area (Å²) in [5.41, 5.74) is -3.75. The Hall–Kier alpha value is -2.98. The van der Waals surface area contributed by atoms with E-state index in [1.54, 1.807) is 0 Å². The number of alkyl halides is 3. The fraction of sp³-hybridized carbons (Fsp3) is 0.0909. The van der Waals surface area contributed by atoms with Gasteiger partial charge in [-0.3, -0.25) is 10.1 Å². The highest BCUT2D eigenvalue weighted by molar-refractivity contribution is 5.86. The highest BCUT2D eigenvalue weighted by atomic mass is 19.4. The Morgan fingerprint density at radius 2 is 1.95 bits per heavy atom. The monoisotopic (exact) mass is 319 g/mol. The van der Waals surface area contributed by atoms with E-state index < -0.39 is 45.6 Å². The fourth-order valence-corrected chi connectivity index (χ4v) is 1.64. The standard InChI is InChI=1S/C11H5F4N3O4/c12-6-3-5(18(21)22)1-2-7(6)17-8(10(19)20)4-9(16-17)11(13,14)15/h1-4H,(H,19,20). The van der Waals surface area contributed by atoms with Crippen molar-refractivity contribution in [2.45, 2.75) is 6.18 Å². The van der Waals surface area contributed by atoms with E-state index in [1.807, 2.05) is 0 Å². The van der Waals surface area contributed by atoms with Gasteiger partial charge in [-0.05, 0) is 6.07 Å². The summed E-state index contributed by atoms with van der Waals surface area (Å²) >= 11 is 0. The number of hydrogen-bond acceptors (Lipinski definition) is 4. The molecule has 0 amide bonds. The first kappa shape index (κ1) is 15.4. The summed E-state index contributed by atoms with van der Waals surface area (Å²) < 4.78 is 51.8. The maximum atomic E-state index is 13.8. The first-order chi connectivity index (χ1) is 10.1. The van der Waals surface area contributed by atoms with Gasteiger partial charge in [0, 0.05) is 12.1 Å². The van der Waals surface area contributed by atoms with Crippen molar-refractivity contribution in [1.29, 1.82) is 0 Å². The largest absolute Gasteiger partial charge is 0.477 e. The molecule has 1 heterocycles. The zero-order valence-corrected chi connectivity index (χ0v) is 10.3. The molecule has 0 saturated carbocycles. The number of benzene rings is 1. The molecule has 2 rings (SSSR count). The third kappa shape index (κ3) is 2.73. The van der Waals surface area contributed by atoms with Crippen molar-refractivity contribution in [3.05, 3.63) is 51.6 Å². The number of rotatable bonds is 3. The third-order valence-corrected chi connectivity index (χ3v) is 2.59. The second-order valence-electron chi connectivity index (χ2n) is 4.02. The third-order valence-electron chi connectivity index (χ3n) is 2.59. The van der Waals surface area contributed by atoms with E-state index in [1.165, 1.54) is 0 Å². The van der Waals surface area contributed by atoms with Gasteiger partial charge < -0.3 is 5.11 Å². The van der Waals surface area contributed by atoms with Crippen molar-refractivity contribution in [1.82, 2.24) is 9.78 Å². The molecular weight excluding hydrogens is 314 g/mol. The molecule has 0 radical (unpaired) electrons. The van der Waals surface area contributed by atoms with E-state index in [2.05, 4.69) is 5.10 Å². The van der Waals surface area contributed by atoms with Crippen LogP contribution in [0.5, 0.6) is 0 Å². The summed E-state index contributed by atoms with van der Waals surface area (Å²) in [7, 11) is 0. The SMILES string of the molecule is O=C(O)c1cc(C(F)(F)F)nn1-c1ccc([N+](=O)[O-])cc1F. The summed E-state index contributed by atoms with van der Waals surface area (Å²) in [6.07, 6.45) is -4.92. The van der Waals surface area contributed by atoms with Crippen LogP contribution in [0.15, 0.2) is 24.3 Å². The van der Waals surface area contributed by atoms with E-state index >= 15 is 0 Å². The molecule has 1 N–H and O–H groups in total. The lowest BCUT2D eigenvalue weighted by molar-refractivity contribution is -0.385. The van der Waals surface area contributed by atoms with Crippen LogP contribution >= 0.6 is 0 Å². The van der Waals surface area contributed by atoms with Crippen LogP contribution in [-0.4, -0.2) is 25.8 Å². The average Bonchev–Trinajstić information content (AvgIpc) is 2.83. The number of halogens is 4. The van der Waals surface area contributed by atoms with Gasteiger partial charge >= 0.3 is 12.1 Å². The molecule has 22 heavy (non-hydrogen) atoms. The maximum absolute atomic E-state index is 13.8. The van der Waals surface area contributed by atoms with Crippen molar-refractivity contribution in [3.63, 3.8) is 0 Å². The van der Waals surface area contributed by atoms with Crippen LogP contribution in [0, 0.1) is 15.9 Å². The Balaban J connectivity index is 2.64. The molecular formula is C11H5F4N3O4. The lowest BCUT2D eigenvalue weighted by Crippen LogP contribution is -2.11. The molecule has 0 aliphatic carbocycles. The molecule has 116 valence electrons. The van der Waals surface area contributed by atoms with Crippen molar-refractivity contribution in [2.24, 2.45) is 0 Å². The number of nitro groups is 1. The maximum Gasteiger partial charge on any atom is 0.435 e. The second kappa shape index (κ2) is 5.09. The quantitative estimate of drug-likeness (QED) is 0.533. The van der Waals surface area contributed by atoms with Crippen LogP contribution in [0.1, 0.15) is 16.2 Å². The molecule has 0 bridgehead atoms. The number of nitro benzene ring substituents is 1. The van der Waals surface area contributed by atoms with Gasteiger partial charge in [-0.25, -0.2) is 13.9 Å². The molecule has 7 nitrogen and oxygen atoms in total. The molecule has 11 heteroatoms. The van der Waals surface area contributed by atoms with Gasteiger partial charge in [0.15, 0.2) is 17.2 Å². The van der Waals surface area contributed by atoms with Crippen LogP contribution in [0.25, 0.3) is 5.69 Å². The van der Waals surface area contributed by atoms with Gasteiger partial charge in [-0.2, -0.15) is 18.3 Å². The number of nitrogens with zero attached hydrogens (tertiary/aromatic N) is 3. The van der Waals surface area contributed by atoms with E-state index in [-0.39, 0.29) is 10.7 Å². The predicted octanol–water partition coefficient (Wildman–Crippen LogP) is 2.64. The normalized spacial score (nSPS) is 11.5. The van der Waals surface area contributed by atoms with E-state index in [4.69, 9.17) is 5.11 Å². The molecule has 0 fully saturated rings. The Labute approximate surface area is 118 Å². The first-order valence-electron chi connectivity index (χ1n) is 5.46.